The van der Waals surface area contributed by atoms with Gasteiger partial charge in [-0.05, 0) is 38.0 Å². The summed E-state index contributed by atoms with van der Waals surface area (Å²) in [6.07, 6.45) is -0.414. The highest BCUT2D eigenvalue weighted by Crippen LogP contribution is 2.32. The van der Waals surface area contributed by atoms with Crippen molar-refractivity contribution in [1.29, 1.82) is 0 Å². The molecule has 0 unspecified atom stereocenters. The van der Waals surface area contributed by atoms with Crippen LogP contribution >= 0.6 is 0 Å². The molecular weight excluding hydrogens is 340 g/mol. The predicted molar refractivity (Wildman–Crippen MR) is 89.9 cm³/mol. The molecule has 26 heavy (non-hydrogen) atoms. The van der Waals surface area contributed by atoms with Gasteiger partial charge < -0.3 is 24.1 Å². The maximum atomic E-state index is 12.3. The van der Waals surface area contributed by atoms with Gasteiger partial charge in [-0.2, -0.15) is 0 Å². The second kappa shape index (κ2) is 7.47. The van der Waals surface area contributed by atoms with E-state index in [0.29, 0.717) is 29.4 Å². The first kappa shape index (κ1) is 17.8. The fourth-order valence-corrected chi connectivity index (χ4v) is 2.58. The Morgan fingerprint density at radius 3 is 2.85 bits per heavy atom. The number of rotatable bonds is 6. The Hall–Kier alpha value is -3.03. The third kappa shape index (κ3) is 3.63. The minimum Gasteiger partial charge on any atom is -0.454 e. The number of esters is 1. The maximum absolute atomic E-state index is 12.3. The van der Waals surface area contributed by atoms with Crippen molar-refractivity contribution in [3.8, 4) is 11.5 Å². The average Bonchev–Trinajstić information content (AvgIpc) is 3.24. The van der Waals surface area contributed by atoms with Gasteiger partial charge in [0.15, 0.2) is 17.6 Å². The maximum Gasteiger partial charge on any atom is 0.344 e. The molecule has 1 aromatic heterocycles. The number of hydrogen-bond donors (Lipinski definition) is 1. The van der Waals surface area contributed by atoms with Gasteiger partial charge in [-0.3, -0.25) is 4.79 Å². The number of hydrogen-bond acceptors (Lipinski definition) is 7. The highest BCUT2D eigenvalue weighted by molar-refractivity contribution is 5.93. The van der Waals surface area contributed by atoms with Crippen LogP contribution in [0.4, 0.5) is 0 Å². The number of benzene rings is 1. The van der Waals surface area contributed by atoms with Crippen molar-refractivity contribution in [3.05, 3.63) is 40.8 Å². The van der Waals surface area contributed by atoms with E-state index in [4.69, 9.17) is 18.7 Å². The lowest BCUT2D eigenvalue weighted by molar-refractivity contribution is -0.129. The van der Waals surface area contributed by atoms with Crippen molar-refractivity contribution in [2.75, 3.05) is 6.79 Å². The molecule has 3 rings (SSSR count). The molecule has 138 valence electrons. The minimum absolute atomic E-state index is 0.195. The molecule has 0 saturated carbocycles. The van der Waals surface area contributed by atoms with E-state index in [-0.39, 0.29) is 18.9 Å². The summed E-state index contributed by atoms with van der Waals surface area (Å²) in [5.74, 6) is 0.679. The van der Waals surface area contributed by atoms with Crippen LogP contribution in [-0.2, 0) is 22.5 Å². The van der Waals surface area contributed by atoms with E-state index in [9.17, 15) is 9.59 Å². The molecule has 2 heterocycles. The third-order valence-electron chi connectivity index (χ3n) is 4.03. The number of aromatic nitrogens is 1. The lowest BCUT2D eigenvalue weighted by Crippen LogP contribution is -2.35. The Kier molecular flexibility index (Phi) is 5.11. The summed E-state index contributed by atoms with van der Waals surface area (Å²) >= 11 is 0. The summed E-state index contributed by atoms with van der Waals surface area (Å²) in [5.41, 5.74) is 1.65. The van der Waals surface area contributed by atoms with Crippen LogP contribution in [0.5, 0.6) is 11.5 Å². The van der Waals surface area contributed by atoms with Gasteiger partial charge in [0.25, 0.3) is 5.91 Å². The van der Waals surface area contributed by atoms with Crippen LogP contribution in [0, 0.1) is 6.92 Å². The molecule has 0 radical (unpaired) electrons. The topological polar surface area (TPSA) is 99.9 Å². The zero-order chi connectivity index (χ0) is 18.7. The minimum atomic E-state index is -0.949. The molecule has 0 fully saturated rings. The van der Waals surface area contributed by atoms with E-state index >= 15 is 0 Å². The summed E-state index contributed by atoms with van der Waals surface area (Å²) in [4.78, 5) is 24.5. The van der Waals surface area contributed by atoms with Gasteiger partial charge in [0.2, 0.25) is 6.79 Å². The molecular formula is C18H20N2O6. The fourth-order valence-electron chi connectivity index (χ4n) is 2.58. The van der Waals surface area contributed by atoms with Gasteiger partial charge in [-0.15, -0.1) is 0 Å². The number of nitrogens with one attached hydrogen (secondary N) is 1. The summed E-state index contributed by atoms with van der Waals surface area (Å²) in [6.45, 7) is 5.48. The highest BCUT2D eigenvalue weighted by Gasteiger charge is 2.25. The monoisotopic (exact) mass is 360 g/mol. The van der Waals surface area contributed by atoms with Crippen LogP contribution < -0.4 is 14.8 Å². The van der Waals surface area contributed by atoms with Crippen LogP contribution in [0.2, 0.25) is 0 Å². The number of carbonyl (C=O) groups excluding carboxylic acids is 2. The van der Waals surface area contributed by atoms with E-state index in [2.05, 4.69) is 10.5 Å². The molecule has 1 aliphatic rings. The molecule has 0 spiro atoms. The van der Waals surface area contributed by atoms with E-state index < -0.39 is 18.0 Å². The number of fused-ring (bicyclic) bond motifs is 1. The Balaban J connectivity index is 1.56. The lowest BCUT2D eigenvalue weighted by Gasteiger charge is -2.13. The lowest BCUT2D eigenvalue weighted by atomic mass is 10.1. The first-order valence-corrected chi connectivity index (χ1v) is 8.32. The molecule has 1 N–H and O–H groups in total. The summed E-state index contributed by atoms with van der Waals surface area (Å²) in [6, 6.07) is 5.42. The second-order valence-electron chi connectivity index (χ2n) is 5.87. The summed E-state index contributed by atoms with van der Waals surface area (Å²) in [5, 5.41) is 6.55. The zero-order valence-corrected chi connectivity index (χ0v) is 14.8. The first-order chi connectivity index (χ1) is 12.5. The van der Waals surface area contributed by atoms with Gasteiger partial charge in [0, 0.05) is 6.54 Å². The highest BCUT2D eigenvalue weighted by atomic mass is 16.7. The van der Waals surface area contributed by atoms with Crippen LogP contribution in [0.3, 0.4) is 0 Å². The van der Waals surface area contributed by atoms with Gasteiger partial charge in [-0.1, -0.05) is 18.1 Å². The van der Waals surface area contributed by atoms with Crippen molar-refractivity contribution >= 4 is 11.9 Å². The predicted octanol–water partition coefficient (Wildman–Crippen LogP) is 2.14. The van der Waals surface area contributed by atoms with Crippen molar-refractivity contribution < 1.29 is 28.3 Å². The number of amides is 1. The van der Waals surface area contributed by atoms with E-state index in [1.54, 1.807) is 19.1 Å². The largest absolute Gasteiger partial charge is 0.454 e. The average molecular weight is 360 g/mol. The number of aryl methyl sites for hydroxylation is 2. The van der Waals surface area contributed by atoms with Crippen LogP contribution in [0.25, 0.3) is 0 Å². The molecule has 1 aliphatic heterocycles. The van der Waals surface area contributed by atoms with E-state index in [1.807, 2.05) is 13.0 Å². The third-order valence-corrected chi connectivity index (χ3v) is 4.03. The molecule has 0 saturated heterocycles. The summed E-state index contributed by atoms with van der Waals surface area (Å²) in [7, 11) is 0. The van der Waals surface area contributed by atoms with Crippen molar-refractivity contribution in [3.63, 3.8) is 0 Å². The summed E-state index contributed by atoms with van der Waals surface area (Å²) < 4.78 is 20.8. The number of nitrogens with zero attached hydrogens (tertiary/aromatic N) is 1. The van der Waals surface area contributed by atoms with E-state index in [1.165, 1.54) is 6.92 Å². The fraction of sp³-hybridized carbons (Fsp3) is 0.389. The molecule has 8 heteroatoms. The van der Waals surface area contributed by atoms with Gasteiger partial charge in [0.05, 0.1) is 5.69 Å². The molecule has 0 aliphatic carbocycles. The molecule has 0 bridgehead atoms. The number of ether oxygens (including phenoxy) is 3. The Bertz CT molecular complexity index is 829. The molecule has 2 aromatic rings. The van der Waals surface area contributed by atoms with Crippen LogP contribution in [0.15, 0.2) is 22.7 Å². The van der Waals surface area contributed by atoms with Gasteiger partial charge in [0.1, 0.15) is 11.3 Å². The van der Waals surface area contributed by atoms with Crippen LogP contribution in [-0.4, -0.2) is 29.9 Å². The molecule has 1 aromatic carbocycles. The van der Waals surface area contributed by atoms with Crippen LogP contribution in [0.1, 0.15) is 41.2 Å². The smallest absolute Gasteiger partial charge is 0.344 e. The zero-order valence-electron chi connectivity index (χ0n) is 14.8. The first-order valence-electron chi connectivity index (χ1n) is 8.32. The normalized spacial score (nSPS) is 13.3. The molecule has 1 amide bonds. The van der Waals surface area contributed by atoms with Crippen molar-refractivity contribution in [2.24, 2.45) is 0 Å². The molecule has 1 atom stereocenters. The SMILES string of the molecule is CCc1noc(C)c1C(=O)O[C@@H](C)C(=O)NCc1ccc2c(c1)OCO2. The Morgan fingerprint density at radius 1 is 1.31 bits per heavy atom. The standard InChI is InChI=1S/C18H20N2O6/c1-4-13-16(10(2)26-20-13)18(22)25-11(3)17(21)19-8-12-5-6-14-15(7-12)24-9-23-14/h5-7,11H,4,8-9H2,1-3H3,(H,19,21)/t11-/m0/s1. The van der Waals surface area contributed by atoms with Crippen molar-refractivity contribution in [2.45, 2.75) is 39.8 Å². The second-order valence-corrected chi connectivity index (χ2v) is 5.87. The van der Waals surface area contributed by atoms with Crippen molar-refractivity contribution in [1.82, 2.24) is 10.5 Å². The molecule has 8 nitrogen and oxygen atoms in total. The number of carbonyl (C=O) groups is 2. The van der Waals surface area contributed by atoms with Gasteiger partial charge in [-0.25, -0.2) is 4.79 Å². The van der Waals surface area contributed by atoms with E-state index in [0.717, 1.165) is 5.56 Å². The quantitative estimate of drug-likeness (QED) is 0.788. The Morgan fingerprint density at radius 2 is 2.08 bits per heavy atom. The Labute approximate surface area is 150 Å². The van der Waals surface area contributed by atoms with Gasteiger partial charge >= 0.3 is 5.97 Å².